The number of nitrogens with zero attached hydrogens (tertiary/aromatic N) is 6. The van der Waals surface area contributed by atoms with Crippen LogP contribution in [0.1, 0.15) is 11.1 Å². The van der Waals surface area contributed by atoms with Crippen LogP contribution in [-0.2, 0) is 20.6 Å². The molecule has 4 aromatic rings. The van der Waals surface area contributed by atoms with Gasteiger partial charge in [0, 0.05) is 37.1 Å². The van der Waals surface area contributed by atoms with E-state index in [1.54, 1.807) is 48.4 Å². The molecule has 0 bridgehead atoms. The van der Waals surface area contributed by atoms with Crippen molar-refractivity contribution in [3.05, 3.63) is 85.8 Å². The van der Waals surface area contributed by atoms with Crippen molar-refractivity contribution in [3.8, 4) is 0 Å². The van der Waals surface area contributed by atoms with Crippen LogP contribution in [0.3, 0.4) is 0 Å². The van der Waals surface area contributed by atoms with Gasteiger partial charge in [-0.15, -0.1) is 0 Å². The SMILES string of the molecule is Cn1c(=O)c2c(nc(NN=Cc3cccnc3)n2Cc2ccc(Cl)cc2)n(C)c1=O. The fourth-order valence-corrected chi connectivity index (χ4v) is 3.20. The van der Waals surface area contributed by atoms with Gasteiger partial charge in [-0.25, -0.2) is 10.2 Å². The molecule has 0 fully saturated rings. The Morgan fingerprint density at radius 1 is 1.13 bits per heavy atom. The summed E-state index contributed by atoms with van der Waals surface area (Å²) in [7, 11) is 3.02. The van der Waals surface area contributed by atoms with Crippen LogP contribution in [0.4, 0.5) is 5.95 Å². The van der Waals surface area contributed by atoms with E-state index in [0.29, 0.717) is 23.0 Å². The van der Waals surface area contributed by atoms with Crippen LogP contribution in [0.25, 0.3) is 11.2 Å². The molecule has 0 amide bonds. The van der Waals surface area contributed by atoms with E-state index >= 15 is 0 Å². The van der Waals surface area contributed by atoms with E-state index in [9.17, 15) is 9.59 Å². The summed E-state index contributed by atoms with van der Waals surface area (Å²) in [6.45, 7) is 0.339. The highest BCUT2D eigenvalue weighted by Gasteiger charge is 2.19. The molecule has 10 heteroatoms. The number of pyridine rings is 1. The number of benzene rings is 1. The number of nitrogens with one attached hydrogen (secondary N) is 1. The van der Waals surface area contributed by atoms with E-state index < -0.39 is 11.2 Å². The number of imidazole rings is 1. The Bertz CT molecular complexity index is 1350. The van der Waals surface area contributed by atoms with Gasteiger partial charge in [0.25, 0.3) is 5.56 Å². The average molecular weight is 424 g/mol. The van der Waals surface area contributed by atoms with Crippen molar-refractivity contribution in [1.82, 2.24) is 23.7 Å². The summed E-state index contributed by atoms with van der Waals surface area (Å²) >= 11 is 5.98. The minimum atomic E-state index is -0.450. The third kappa shape index (κ3) is 3.62. The maximum atomic E-state index is 12.9. The summed E-state index contributed by atoms with van der Waals surface area (Å²) < 4.78 is 4.09. The number of halogens is 1. The highest BCUT2D eigenvalue weighted by Crippen LogP contribution is 2.19. The lowest BCUT2D eigenvalue weighted by Gasteiger charge is -2.09. The predicted octanol–water partition coefficient (Wildman–Crippen LogP) is 1.98. The maximum absolute atomic E-state index is 12.9. The Kier molecular flexibility index (Phi) is 5.20. The first kappa shape index (κ1) is 19.6. The van der Waals surface area contributed by atoms with Gasteiger partial charge in [-0.2, -0.15) is 10.1 Å². The topological polar surface area (TPSA) is 99.1 Å². The largest absolute Gasteiger partial charge is 0.332 e. The van der Waals surface area contributed by atoms with E-state index in [-0.39, 0.29) is 5.65 Å². The molecule has 30 heavy (non-hydrogen) atoms. The van der Waals surface area contributed by atoms with Gasteiger partial charge in [0.2, 0.25) is 5.95 Å². The summed E-state index contributed by atoms with van der Waals surface area (Å²) in [5.41, 5.74) is 4.28. The van der Waals surface area contributed by atoms with E-state index in [1.165, 1.54) is 11.6 Å². The minimum absolute atomic E-state index is 0.274. The average Bonchev–Trinajstić information content (AvgIpc) is 3.11. The monoisotopic (exact) mass is 423 g/mol. The predicted molar refractivity (Wildman–Crippen MR) is 116 cm³/mol. The highest BCUT2D eigenvalue weighted by molar-refractivity contribution is 6.30. The van der Waals surface area contributed by atoms with Gasteiger partial charge in [0.05, 0.1) is 12.8 Å². The van der Waals surface area contributed by atoms with Crippen molar-refractivity contribution in [1.29, 1.82) is 0 Å². The number of rotatable bonds is 5. The highest BCUT2D eigenvalue weighted by atomic mass is 35.5. The van der Waals surface area contributed by atoms with Crippen LogP contribution in [0.15, 0.2) is 63.5 Å². The zero-order valence-corrected chi connectivity index (χ0v) is 17.0. The molecule has 0 saturated carbocycles. The number of anilines is 1. The van der Waals surface area contributed by atoms with Crippen LogP contribution in [0.2, 0.25) is 5.02 Å². The lowest BCUT2D eigenvalue weighted by Crippen LogP contribution is -2.37. The first-order valence-electron chi connectivity index (χ1n) is 9.05. The van der Waals surface area contributed by atoms with E-state index in [4.69, 9.17) is 11.6 Å². The molecular weight excluding hydrogens is 406 g/mol. The third-order valence-corrected chi connectivity index (χ3v) is 4.92. The lowest BCUT2D eigenvalue weighted by molar-refractivity contribution is 0.702. The first-order chi connectivity index (χ1) is 14.5. The van der Waals surface area contributed by atoms with Crippen LogP contribution in [0.5, 0.6) is 0 Å². The third-order valence-electron chi connectivity index (χ3n) is 4.66. The molecule has 0 aliphatic rings. The van der Waals surface area contributed by atoms with Crippen LogP contribution in [0, 0.1) is 0 Å². The quantitative estimate of drug-likeness (QED) is 0.391. The second kappa shape index (κ2) is 7.96. The Morgan fingerprint density at radius 2 is 1.90 bits per heavy atom. The fourth-order valence-electron chi connectivity index (χ4n) is 3.08. The number of aromatic nitrogens is 5. The van der Waals surface area contributed by atoms with E-state index in [0.717, 1.165) is 15.7 Å². The molecule has 9 nitrogen and oxygen atoms in total. The van der Waals surface area contributed by atoms with Gasteiger partial charge in [-0.1, -0.05) is 29.8 Å². The molecule has 0 aliphatic heterocycles. The van der Waals surface area contributed by atoms with Crippen molar-refractivity contribution in [2.24, 2.45) is 19.2 Å². The Balaban J connectivity index is 1.83. The molecule has 0 aliphatic carbocycles. The molecule has 3 heterocycles. The fraction of sp³-hybridized carbons (Fsp3) is 0.150. The zero-order chi connectivity index (χ0) is 21.3. The van der Waals surface area contributed by atoms with Crippen molar-refractivity contribution in [3.63, 3.8) is 0 Å². The number of hydrogen-bond acceptors (Lipinski definition) is 6. The molecular formula is C20H18ClN7O2. The van der Waals surface area contributed by atoms with Gasteiger partial charge >= 0.3 is 5.69 Å². The summed E-state index contributed by atoms with van der Waals surface area (Å²) in [5, 5.41) is 4.83. The molecule has 0 unspecified atom stereocenters. The summed E-state index contributed by atoms with van der Waals surface area (Å²) in [6.07, 6.45) is 4.93. The number of hydrazone groups is 1. The van der Waals surface area contributed by atoms with Gasteiger partial charge in [0.15, 0.2) is 11.2 Å². The maximum Gasteiger partial charge on any atom is 0.332 e. The Hall–Kier alpha value is -3.72. The zero-order valence-electron chi connectivity index (χ0n) is 16.3. The van der Waals surface area contributed by atoms with Gasteiger partial charge in [-0.05, 0) is 23.8 Å². The van der Waals surface area contributed by atoms with Crippen LogP contribution in [-0.4, -0.2) is 29.9 Å². The molecule has 1 aromatic carbocycles. The molecule has 0 saturated heterocycles. The van der Waals surface area contributed by atoms with Crippen molar-refractivity contribution < 1.29 is 0 Å². The van der Waals surface area contributed by atoms with Crippen molar-refractivity contribution in [2.45, 2.75) is 6.54 Å². The Labute approximate surface area is 175 Å². The van der Waals surface area contributed by atoms with Gasteiger partial charge < -0.3 is 0 Å². The molecule has 1 N–H and O–H groups in total. The van der Waals surface area contributed by atoms with Gasteiger partial charge in [0.1, 0.15) is 0 Å². The number of aryl methyl sites for hydroxylation is 1. The van der Waals surface area contributed by atoms with Crippen molar-refractivity contribution >= 4 is 34.9 Å². The molecule has 0 atom stereocenters. The number of fused-ring (bicyclic) bond motifs is 1. The Morgan fingerprint density at radius 3 is 2.60 bits per heavy atom. The summed E-state index contributed by atoms with van der Waals surface area (Å²) in [6, 6.07) is 10.9. The second-order valence-electron chi connectivity index (χ2n) is 6.68. The van der Waals surface area contributed by atoms with Gasteiger partial charge in [-0.3, -0.25) is 23.5 Å². The molecule has 0 radical (unpaired) electrons. The van der Waals surface area contributed by atoms with E-state index in [2.05, 4.69) is 20.5 Å². The smallest absolute Gasteiger partial charge is 0.298 e. The lowest BCUT2D eigenvalue weighted by atomic mass is 10.2. The summed E-state index contributed by atoms with van der Waals surface area (Å²) in [4.78, 5) is 33.7. The molecule has 4 rings (SSSR count). The normalized spacial score (nSPS) is 11.4. The standard InChI is InChI=1S/C20H18ClN7O2/c1-26-17-16(18(29)27(2)20(26)30)28(12-13-5-7-15(21)8-6-13)19(24-17)25-23-11-14-4-3-9-22-10-14/h3-11H,12H2,1-2H3,(H,24,25). The number of hydrogen-bond donors (Lipinski definition) is 1. The molecule has 3 aromatic heterocycles. The molecule has 0 spiro atoms. The minimum Gasteiger partial charge on any atom is -0.298 e. The van der Waals surface area contributed by atoms with Crippen LogP contribution < -0.4 is 16.7 Å². The first-order valence-corrected chi connectivity index (χ1v) is 9.43. The van der Waals surface area contributed by atoms with E-state index in [1.807, 2.05) is 18.2 Å². The van der Waals surface area contributed by atoms with Crippen molar-refractivity contribution in [2.75, 3.05) is 5.43 Å². The molecule has 152 valence electrons. The second-order valence-corrected chi connectivity index (χ2v) is 7.12. The van der Waals surface area contributed by atoms with Crippen LogP contribution >= 0.6 is 11.6 Å². The summed E-state index contributed by atoms with van der Waals surface area (Å²) in [5.74, 6) is 0.332.